The maximum absolute atomic E-state index is 12.6. The quantitative estimate of drug-likeness (QED) is 0.847. The van der Waals surface area contributed by atoms with Gasteiger partial charge in [0.1, 0.15) is 0 Å². The number of carbonyl (C=O) groups excluding carboxylic acids is 3. The number of hydrogen-bond acceptors (Lipinski definition) is 4. The molecule has 7 heteroatoms. The third kappa shape index (κ3) is 5.29. The van der Waals surface area contributed by atoms with Crippen LogP contribution in [-0.4, -0.2) is 48.9 Å². The van der Waals surface area contributed by atoms with E-state index in [2.05, 4.69) is 10.6 Å². The third-order valence-corrected chi connectivity index (χ3v) is 5.24. The molecule has 1 aliphatic carbocycles. The molecule has 1 saturated heterocycles. The Kier molecular flexibility index (Phi) is 6.45. The van der Waals surface area contributed by atoms with Gasteiger partial charge in [0.2, 0.25) is 17.7 Å². The third-order valence-electron chi connectivity index (χ3n) is 5.24. The van der Waals surface area contributed by atoms with Crippen molar-refractivity contribution in [2.45, 2.75) is 32.6 Å². The molecule has 2 aliphatic rings. The van der Waals surface area contributed by atoms with Crippen LogP contribution < -0.4 is 10.6 Å². The molecular weight excluding hydrogens is 346 g/mol. The van der Waals surface area contributed by atoms with E-state index in [0.717, 1.165) is 25.7 Å². The number of carbonyl (C=O) groups is 3. The lowest BCUT2D eigenvalue weighted by Crippen LogP contribution is -2.44. The summed E-state index contributed by atoms with van der Waals surface area (Å²) >= 11 is 0. The molecule has 1 aromatic rings. The van der Waals surface area contributed by atoms with Crippen LogP contribution in [0.2, 0.25) is 0 Å². The van der Waals surface area contributed by atoms with Crippen molar-refractivity contribution in [2.75, 3.05) is 36.9 Å². The summed E-state index contributed by atoms with van der Waals surface area (Å²) in [7, 11) is 0. The molecule has 1 heterocycles. The summed E-state index contributed by atoms with van der Waals surface area (Å²) in [5, 5.41) is 5.63. The van der Waals surface area contributed by atoms with E-state index < -0.39 is 0 Å². The fourth-order valence-corrected chi connectivity index (χ4v) is 3.73. The van der Waals surface area contributed by atoms with Crippen LogP contribution in [0.3, 0.4) is 0 Å². The number of amides is 3. The van der Waals surface area contributed by atoms with Gasteiger partial charge in [-0.2, -0.15) is 0 Å². The summed E-state index contributed by atoms with van der Waals surface area (Å²) < 4.78 is 5.30. The molecule has 3 amide bonds. The van der Waals surface area contributed by atoms with Crippen LogP contribution in [0.1, 0.15) is 32.6 Å². The molecule has 0 unspecified atom stereocenters. The number of morpholine rings is 1. The molecule has 0 atom stereocenters. The predicted molar refractivity (Wildman–Crippen MR) is 102 cm³/mol. The summed E-state index contributed by atoms with van der Waals surface area (Å²) in [5.41, 5.74) is 1.41. The van der Waals surface area contributed by atoms with Gasteiger partial charge >= 0.3 is 0 Å². The SMILES string of the molecule is CC(=O)Nc1ccc(NC(=O)C2CCC(C(=O)N3CCOCC3)CC2)cc1. The lowest BCUT2D eigenvalue weighted by Gasteiger charge is -2.33. The zero-order valence-electron chi connectivity index (χ0n) is 15.7. The molecule has 0 aromatic heterocycles. The summed E-state index contributed by atoms with van der Waals surface area (Å²) in [6, 6.07) is 7.07. The summed E-state index contributed by atoms with van der Waals surface area (Å²) in [5.74, 6) is 0.0540. The predicted octanol–water partition coefficient (Wildman–Crippen LogP) is 2.25. The average molecular weight is 373 g/mol. The van der Waals surface area contributed by atoms with Crippen molar-refractivity contribution in [3.8, 4) is 0 Å². The Hall–Kier alpha value is -2.41. The average Bonchev–Trinajstić information content (AvgIpc) is 2.69. The van der Waals surface area contributed by atoms with Crippen molar-refractivity contribution >= 4 is 29.1 Å². The largest absolute Gasteiger partial charge is 0.378 e. The van der Waals surface area contributed by atoms with E-state index in [9.17, 15) is 14.4 Å². The Bertz CT molecular complexity index is 675. The topological polar surface area (TPSA) is 87.7 Å². The van der Waals surface area contributed by atoms with Crippen molar-refractivity contribution in [1.29, 1.82) is 0 Å². The fraction of sp³-hybridized carbons (Fsp3) is 0.550. The Morgan fingerprint density at radius 2 is 1.41 bits per heavy atom. The van der Waals surface area contributed by atoms with Gasteiger partial charge in [-0.1, -0.05) is 0 Å². The van der Waals surface area contributed by atoms with E-state index in [1.165, 1.54) is 6.92 Å². The van der Waals surface area contributed by atoms with E-state index >= 15 is 0 Å². The lowest BCUT2D eigenvalue weighted by molar-refractivity contribution is -0.141. The van der Waals surface area contributed by atoms with Gasteiger partial charge in [-0.15, -0.1) is 0 Å². The Labute approximate surface area is 159 Å². The molecule has 7 nitrogen and oxygen atoms in total. The fourth-order valence-electron chi connectivity index (χ4n) is 3.73. The maximum atomic E-state index is 12.6. The highest BCUT2D eigenvalue weighted by Gasteiger charge is 2.32. The number of rotatable bonds is 4. The van der Waals surface area contributed by atoms with Crippen LogP contribution >= 0.6 is 0 Å². The smallest absolute Gasteiger partial charge is 0.227 e. The summed E-state index contributed by atoms with van der Waals surface area (Å²) in [6.45, 7) is 4.03. The van der Waals surface area contributed by atoms with Crippen molar-refractivity contribution in [2.24, 2.45) is 11.8 Å². The zero-order valence-corrected chi connectivity index (χ0v) is 15.7. The van der Waals surface area contributed by atoms with E-state index in [0.29, 0.717) is 37.7 Å². The highest BCUT2D eigenvalue weighted by molar-refractivity contribution is 5.93. The monoisotopic (exact) mass is 373 g/mol. The first-order valence-electron chi connectivity index (χ1n) is 9.58. The molecule has 0 bridgehead atoms. The normalized spacial score (nSPS) is 22.8. The second-order valence-corrected chi connectivity index (χ2v) is 7.23. The van der Waals surface area contributed by atoms with Gasteiger partial charge in [-0.3, -0.25) is 14.4 Å². The number of benzene rings is 1. The molecular formula is C20H27N3O4. The number of nitrogens with zero attached hydrogens (tertiary/aromatic N) is 1. The van der Waals surface area contributed by atoms with Gasteiger partial charge in [-0.25, -0.2) is 0 Å². The summed E-state index contributed by atoms with van der Waals surface area (Å²) in [6.07, 6.45) is 2.98. The highest BCUT2D eigenvalue weighted by Crippen LogP contribution is 2.31. The van der Waals surface area contributed by atoms with Gasteiger partial charge in [0.15, 0.2) is 0 Å². The Morgan fingerprint density at radius 1 is 0.889 bits per heavy atom. The van der Waals surface area contributed by atoms with Gasteiger partial charge in [0.25, 0.3) is 0 Å². The van der Waals surface area contributed by atoms with E-state index in [4.69, 9.17) is 4.74 Å². The van der Waals surface area contributed by atoms with Crippen molar-refractivity contribution in [3.05, 3.63) is 24.3 Å². The standard InChI is InChI=1S/C20H27N3O4/c1-14(24)21-17-6-8-18(9-7-17)22-19(25)15-2-4-16(5-3-15)20(26)23-10-12-27-13-11-23/h6-9,15-16H,2-5,10-13H2,1H3,(H,21,24)(H,22,25). The Morgan fingerprint density at radius 3 is 1.96 bits per heavy atom. The van der Waals surface area contributed by atoms with Crippen LogP contribution in [0.25, 0.3) is 0 Å². The molecule has 1 aliphatic heterocycles. The molecule has 2 fully saturated rings. The van der Waals surface area contributed by atoms with Gasteiger partial charge in [0.05, 0.1) is 13.2 Å². The Balaban J connectivity index is 1.46. The van der Waals surface area contributed by atoms with Gasteiger partial charge < -0.3 is 20.3 Å². The van der Waals surface area contributed by atoms with Gasteiger partial charge in [0, 0.05) is 43.2 Å². The molecule has 27 heavy (non-hydrogen) atoms. The van der Waals surface area contributed by atoms with Crippen molar-refractivity contribution in [3.63, 3.8) is 0 Å². The van der Waals surface area contributed by atoms with Crippen LogP contribution in [0.4, 0.5) is 11.4 Å². The first kappa shape index (κ1) is 19.4. The van der Waals surface area contributed by atoms with E-state index in [-0.39, 0.29) is 29.6 Å². The minimum absolute atomic E-state index is 0.000418. The van der Waals surface area contributed by atoms with Crippen LogP contribution in [-0.2, 0) is 19.1 Å². The molecule has 146 valence electrons. The number of ether oxygens (including phenoxy) is 1. The summed E-state index contributed by atoms with van der Waals surface area (Å²) in [4.78, 5) is 38.0. The number of hydrogen-bond donors (Lipinski definition) is 2. The van der Waals surface area contributed by atoms with E-state index in [1.807, 2.05) is 4.90 Å². The minimum Gasteiger partial charge on any atom is -0.378 e. The molecule has 0 spiro atoms. The molecule has 0 radical (unpaired) electrons. The first-order valence-corrected chi connectivity index (χ1v) is 9.58. The van der Waals surface area contributed by atoms with Crippen LogP contribution in [0.5, 0.6) is 0 Å². The maximum Gasteiger partial charge on any atom is 0.227 e. The van der Waals surface area contributed by atoms with Gasteiger partial charge in [-0.05, 0) is 49.9 Å². The number of nitrogens with one attached hydrogen (secondary N) is 2. The second-order valence-electron chi connectivity index (χ2n) is 7.23. The molecule has 3 rings (SSSR count). The highest BCUT2D eigenvalue weighted by atomic mass is 16.5. The second kappa shape index (κ2) is 8.99. The minimum atomic E-state index is -0.129. The zero-order chi connectivity index (χ0) is 19.2. The number of anilines is 2. The van der Waals surface area contributed by atoms with Crippen molar-refractivity contribution < 1.29 is 19.1 Å². The van der Waals surface area contributed by atoms with Crippen LogP contribution in [0.15, 0.2) is 24.3 Å². The first-order chi connectivity index (χ1) is 13.0. The van der Waals surface area contributed by atoms with Crippen molar-refractivity contribution in [1.82, 2.24) is 4.90 Å². The van der Waals surface area contributed by atoms with Crippen LogP contribution in [0, 0.1) is 11.8 Å². The molecule has 1 saturated carbocycles. The molecule has 2 N–H and O–H groups in total. The van der Waals surface area contributed by atoms with E-state index in [1.54, 1.807) is 24.3 Å². The lowest BCUT2D eigenvalue weighted by atomic mass is 9.81. The molecule has 1 aromatic carbocycles.